The predicted molar refractivity (Wildman–Crippen MR) is 38.2 cm³/mol. The minimum Gasteiger partial charge on any atom is -0.225 e. The summed E-state index contributed by atoms with van der Waals surface area (Å²) in [4.78, 5) is 3.26. The number of halogens is 2. The summed E-state index contributed by atoms with van der Waals surface area (Å²) in [5.74, 6) is -1.10. The van der Waals surface area contributed by atoms with Crippen molar-refractivity contribution >= 4 is 0 Å². The van der Waals surface area contributed by atoms with Gasteiger partial charge in [-0.3, -0.25) is 0 Å². The maximum absolute atomic E-state index is 12.7. The minimum atomic E-state index is -0.582. The SMILES string of the molecule is CC(C)c1cc(F)cnc1F. The lowest BCUT2D eigenvalue weighted by Gasteiger charge is -2.04. The van der Waals surface area contributed by atoms with Crippen LogP contribution in [-0.4, -0.2) is 4.98 Å². The fourth-order valence-electron chi connectivity index (χ4n) is 0.843. The quantitative estimate of drug-likeness (QED) is 0.570. The molecule has 0 unspecified atom stereocenters. The highest BCUT2D eigenvalue weighted by atomic mass is 19.1. The normalized spacial score (nSPS) is 10.6. The summed E-state index contributed by atoms with van der Waals surface area (Å²) in [5, 5.41) is 0. The Morgan fingerprint density at radius 1 is 1.36 bits per heavy atom. The molecule has 0 aromatic carbocycles. The van der Waals surface area contributed by atoms with E-state index in [0.717, 1.165) is 6.20 Å². The van der Waals surface area contributed by atoms with Gasteiger partial charge in [-0.25, -0.2) is 9.37 Å². The van der Waals surface area contributed by atoms with Crippen molar-refractivity contribution in [2.45, 2.75) is 19.8 Å². The highest BCUT2D eigenvalue weighted by molar-refractivity contribution is 5.15. The van der Waals surface area contributed by atoms with Crippen LogP contribution in [0.15, 0.2) is 12.3 Å². The summed E-state index contributed by atoms with van der Waals surface area (Å²) in [6.07, 6.45) is 0.876. The number of nitrogens with zero attached hydrogens (tertiary/aromatic N) is 1. The van der Waals surface area contributed by atoms with Gasteiger partial charge in [-0.15, -0.1) is 0 Å². The maximum Gasteiger partial charge on any atom is 0.216 e. The van der Waals surface area contributed by atoms with E-state index in [2.05, 4.69) is 4.98 Å². The molecule has 0 aliphatic heterocycles. The van der Waals surface area contributed by atoms with E-state index in [4.69, 9.17) is 0 Å². The molecule has 0 N–H and O–H groups in total. The molecule has 1 nitrogen and oxygen atoms in total. The van der Waals surface area contributed by atoms with E-state index >= 15 is 0 Å². The van der Waals surface area contributed by atoms with Crippen LogP contribution in [-0.2, 0) is 0 Å². The third-order valence-electron chi connectivity index (χ3n) is 1.45. The summed E-state index contributed by atoms with van der Waals surface area (Å²) >= 11 is 0. The lowest BCUT2D eigenvalue weighted by atomic mass is 10.1. The Balaban J connectivity index is 3.13. The van der Waals surface area contributed by atoms with Gasteiger partial charge in [0, 0.05) is 5.56 Å². The molecule has 0 aliphatic rings. The molecular formula is C8H9F2N. The molecule has 0 atom stereocenters. The molecule has 0 radical (unpaired) electrons. The van der Waals surface area contributed by atoms with Crippen LogP contribution >= 0.6 is 0 Å². The molecule has 0 aliphatic carbocycles. The average Bonchev–Trinajstić information content (AvgIpc) is 1.94. The summed E-state index contributed by atoms with van der Waals surface area (Å²) in [7, 11) is 0. The topological polar surface area (TPSA) is 12.9 Å². The number of aromatic nitrogens is 1. The van der Waals surface area contributed by atoms with Crippen molar-refractivity contribution in [2.75, 3.05) is 0 Å². The molecular weight excluding hydrogens is 148 g/mol. The second-order valence-corrected chi connectivity index (χ2v) is 2.69. The molecule has 0 fully saturated rings. The van der Waals surface area contributed by atoms with Crippen molar-refractivity contribution in [1.29, 1.82) is 0 Å². The van der Waals surface area contributed by atoms with E-state index in [1.165, 1.54) is 6.07 Å². The first-order chi connectivity index (χ1) is 5.11. The van der Waals surface area contributed by atoms with Crippen molar-refractivity contribution in [1.82, 2.24) is 4.98 Å². The number of rotatable bonds is 1. The first-order valence-electron chi connectivity index (χ1n) is 3.42. The summed E-state index contributed by atoms with van der Waals surface area (Å²) in [5.41, 5.74) is 0.324. The second kappa shape index (κ2) is 2.95. The van der Waals surface area contributed by atoms with Gasteiger partial charge in [-0.05, 0) is 12.0 Å². The van der Waals surface area contributed by atoms with E-state index in [-0.39, 0.29) is 5.92 Å². The van der Waals surface area contributed by atoms with Crippen LogP contribution in [0.5, 0.6) is 0 Å². The molecule has 1 heterocycles. The van der Waals surface area contributed by atoms with Crippen molar-refractivity contribution in [2.24, 2.45) is 0 Å². The maximum atomic E-state index is 12.7. The Morgan fingerprint density at radius 3 is 2.45 bits per heavy atom. The van der Waals surface area contributed by atoms with E-state index in [0.29, 0.717) is 5.56 Å². The van der Waals surface area contributed by atoms with Crippen molar-refractivity contribution < 1.29 is 8.78 Å². The van der Waals surface area contributed by atoms with Crippen LogP contribution in [0.25, 0.3) is 0 Å². The molecule has 0 bridgehead atoms. The van der Waals surface area contributed by atoms with Crippen LogP contribution in [0, 0.1) is 11.8 Å². The summed E-state index contributed by atoms with van der Waals surface area (Å²) in [6.45, 7) is 3.58. The first-order valence-corrected chi connectivity index (χ1v) is 3.42. The molecule has 3 heteroatoms. The largest absolute Gasteiger partial charge is 0.225 e. The number of hydrogen-bond donors (Lipinski definition) is 0. The standard InChI is InChI=1S/C8H9F2N/c1-5(2)7-3-6(9)4-11-8(7)10/h3-5H,1-2H3. The highest BCUT2D eigenvalue weighted by Crippen LogP contribution is 2.16. The fraction of sp³-hybridized carbons (Fsp3) is 0.375. The zero-order valence-electron chi connectivity index (χ0n) is 6.44. The molecule has 0 saturated heterocycles. The molecule has 0 spiro atoms. The van der Waals surface area contributed by atoms with Crippen LogP contribution < -0.4 is 0 Å². The Hall–Kier alpha value is -0.990. The third kappa shape index (κ3) is 1.73. The van der Waals surface area contributed by atoms with E-state index in [9.17, 15) is 8.78 Å². The smallest absolute Gasteiger partial charge is 0.216 e. The monoisotopic (exact) mass is 157 g/mol. The number of pyridine rings is 1. The molecule has 1 rings (SSSR count). The van der Waals surface area contributed by atoms with Gasteiger partial charge in [0.2, 0.25) is 5.95 Å². The summed E-state index contributed by atoms with van der Waals surface area (Å²) < 4.78 is 25.2. The molecule has 0 amide bonds. The van der Waals surface area contributed by atoms with Crippen LogP contribution in [0.2, 0.25) is 0 Å². The molecule has 1 aromatic rings. The number of hydrogen-bond acceptors (Lipinski definition) is 1. The zero-order valence-corrected chi connectivity index (χ0v) is 6.44. The van der Waals surface area contributed by atoms with Gasteiger partial charge < -0.3 is 0 Å². The van der Waals surface area contributed by atoms with Gasteiger partial charge in [0.25, 0.3) is 0 Å². The van der Waals surface area contributed by atoms with Gasteiger partial charge >= 0.3 is 0 Å². The van der Waals surface area contributed by atoms with Crippen LogP contribution in [0.4, 0.5) is 8.78 Å². The Bertz CT molecular complexity index is 258. The fourth-order valence-corrected chi connectivity index (χ4v) is 0.843. The Kier molecular flexibility index (Phi) is 2.17. The van der Waals surface area contributed by atoms with Gasteiger partial charge in [0.05, 0.1) is 6.20 Å². The first kappa shape index (κ1) is 8.11. The van der Waals surface area contributed by atoms with Crippen LogP contribution in [0.3, 0.4) is 0 Å². The van der Waals surface area contributed by atoms with E-state index in [1.54, 1.807) is 13.8 Å². The third-order valence-corrected chi connectivity index (χ3v) is 1.45. The lowest BCUT2D eigenvalue weighted by Crippen LogP contribution is -1.96. The van der Waals surface area contributed by atoms with Gasteiger partial charge in [0.15, 0.2) is 0 Å². The Morgan fingerprint density at radius 2 is 2.00 bits per heavy atom. The Labute approximate surface area is 64.1 Å². The van der Waals surface area contributed by atoms with Gasteiger partial charge in [-0.2, -0.15) is 4.39 Å². The van der Waals surface area contributed by atoms with Crippen molar-refractivity contribution in [3.05, 3.63) is 29.6 Å². The van der Waals surface area contributed by atoms with Crippen LogP contribution in [0.1, 0.15) is 25.3 Å². The van der Waals surface area contributed by atoms with Gasteiger partial charge in [0.1, 0.15) is 5.82 Å². The van der Waals surface area contributed by atoms with E-state index in [1.807, 2.05) is 0 Å². The molecule has 1 aromatic heterocycles. The zero-order chi connectivity index (χ0) is 8.43. The van der Waals surface area contributed by atoms with Gasteiger partial charge in [-0.1, -0.05) is 13.8 Å². The second-order valence-electron chi connectivity index (χ2n) is 2.69. The average molecular weight is 157 g/mol. The lowest BCUT2D eigenvalue weighted by molar-refractivity contribution is 0.535. The molecule has 0 saturated carbocycles. The van der Waals surface area contributed by atoms with Crippen molar-refractivity contribution in [3.63, 3.8) is 0 Å². The minimum absolute atomic E-state index is 0.0294. The molecule has 60 valence electrons. The van der Waals surface area contributed by atoms with Crippen molar-refractivity contribution in [3.8, 4) is 0 Å². The van der Waals surface area contributed by atoms with E-state index < -0.39 is 11.8 Å². The summed E-state index contributed by atoms with van der Waals surface area (Å²) in [6, 6.07) is 1.17. The highest BCUT2D eigenvalue weighted by Gasteiger charge is 2.07. The molecule has 11 heavy (non-hydrogen) atoms. The predicted octanol–water partition coefficient (Wildman–Crippen LogP) is 2.48.